The van der Waals surface area contributed by atoms with Gasteiger partial charge in [0.25, 0.3) is 0 Å². The van der Waals surface area contributed by atoms with Crippen LogP contribution < -0.4 is 5.43 Å². The molecule has 0 atom stereocenters. The summed E-state index contributed by atoms with van der Waals surface area (Å²) in [7, 11) is 0. The average molecular weight is 212 g/mol. The number of hydrogen-bond donors (Lipinski definition) is 1. The minimum atomic E-state index is -0.00397. The number of aromatic amines is 1. The maximum absolute atomic E-state index is 11.6. The first-order chi connectivity index (χ1) is 7.84. The maximum atomic E-state index is 11.6. The van der Waals surface area contributed by atoms with Crippen molar-refractivity contribution in [1.82, 2.24) is 20.0 Å². The van der Waals surface area contributed by atoms with E-state index in [1.54, 1.807) is 29.3 Å². The van der Waals surface area contributed by atoms with Gasteiger partial charge in [0.05, 0.1) is 18.1 Å². The molecule has 1 aromatic carbocycles. The van der Waals surface area contributed by atoms with Gasteiger partial charge in [0.2, 0.25) is 0 Å². The minimum absolute atomic E-state index is 0.00397. The average Bonchev–Trinajstić information content (AvgIpc) is 2.83. The molecule has 0 spiro atoms. The number of rotatable bonds is 1. The van der Waals surface area contributed by atoms with E-state index in [-0.39, 0.29) is 5.43 Å². The number of nitrogens with zero attached hydrogens (tertiary/aromatic N) is 3. The third kappa shape index (κ3) is 1.30. The zero-order valence-electron chi connectivity index (χ0n) is 8.29. The first-order valence-corrected chi connectivity index (χ1v) is 4.83. The Bertz CT molecular complexity index is 685. The molecule has 3 aromatic rings. The summed E-state index contributed by atoms with van der Waals surface area (Å²) in [6.45, 7) is 0. The number of hydrogen-bond acceptors (Lipinski definition) is 3. The number of fused-ring (bicyclic) bond motifs is 1. The first-order valence-electron chi connectivity index (χ1n) is 4.83. The van der Waals surface area contributed by atoms with Crippen LogP contribution in [0.3, 0.4) is 0 Å². The summed E-state index contributed by atoms with van der Waals surface area (Å²) in [5, 5.41) is 8.25. The van der Waals surface area contributed by atoms with Crippen LogP contribution in [-0.4, -0.2) is 20.0 Å². The second-order valence-electron chi connectivity index (χ2n) is 3.42. The molecule has 78 valence electrons. The summed E-state index contributed by atoms with van der Waals surface area (Å²) < 4.78 is 1.62. The predicted molar refractivity (Wildman–Crippen MR) is 59.5 cm³/mol. The van der Waals surface area contributed by atoms with Crippen LogP contribution in [0.15, 0.2) is 47.7 Å². The molecule has 0 saturated carbocycles. The molecule has 16 heavy (non-hydrogen) atoms. The maximum Gasteiger partial charge on any atom is 0.189 e. The van der Waals surface area contributed by atoms with Crippen LogP contribution in [0.4, 0.5) is 0 Å². The van der Waals surface area contributed by atoms with Crippen LogP contribution in [0.1, 0.15) is 0 Å². The van der Waals surface area contributed by atoms with Crippen molar-refractivity contribution in [3.05, 3.63) is 53.1 Å². The third-order valence-corrected chi connectivity index (χ3v) is 2.43. The predicted octanol–water partition coefficient (Wildman–Crippen LogP) is 1.11. The van der Waals surface area contributed by atoms with E-state index in [0.29, 0.717) is 5.39 Å². The Hall–Kier alpha value is -2.43. The molecule has 5 nitrogen and oxygen atoms in total. The molecule has 0 aliphatic rings. The lowest BCUT2D eigenvalue weighted by Gasteiger charge is -2.01. The molecule has 2 aromatic heterocycles. The normalized spacial score (nSPS) is 10.8. The van der Waals surface area contributed by atoms with Crippen LogP contribution in [-0.2, 0) is 0 Å². The van der Waals surface area contributed by atoms with E-state index in [1.807, 2.05) is 12.1 Å². The largest absolute Gasteiger partial charge is 0.361 e. The van der Waals surface area contributed by atoms with Gasteiger partial charge in [-0.15, -0.1) is 5.10 Å². The Labute approximate surface area is 90.3 Å². The molecule has 1 N–H and O–H groups in total. The number of nitrogens with one attached hydrogen (secondary N) is 1. The first kappa shape index (κ1) is 8.84. The molecule has 0 radical (unpaired) electrons. The zero-order chi connectivity index (χ0) is 11.0. The van der Waals surface area contributed by atoms with E-state index in [0.717, 1.165) is 11.2 Å². The molecule has 2 heterocycles. The van der Waals surface area contributed by atoms with Gasteiger partial charge in [-0.05, 0) is 18.2 Å². The van der Waals surface area contributed by atoms with E-state index < -0.39 is 0 Å². The Balaban J connectivity index is 2.31. The molecule has 0 bridgehead atoms. The highest BCUT2D eigenvalue weighted by molar-refractivity contribution is 5.80. The molecule has 5 heteroatoms. The topological polar surface area (TPSA) is 63.6 Å². The van der Waals surface area contributed by atoms with E-state index >= 15 is 0 Å². The van der Waals surface area contributed by atoms with Crippen LogP contribution in [0.5, 0.6) is 0 Å². The van der Waals surface area contributed by atoms with Crippen LogP contribution in [0, 0.1) is 0 Å². The molecule has 0 aliphatic carbocycles. The fraction of sp³-hybridized carbons (Fsp3) is 0. The van der Waals surface area contributed by atoms with Gasteiger partial charge in [-0.2, -0.15) is 0 Å². The molecule has 0 amide bonds. The molecule has 0 fully saturated rings. The summed E-state index contributed by atoms with van der Waals surface area (Å²) >= 11 is 0. The monoisotopic (exact) mass is 212 g/mol. The van der Waals surface area contributed by atoms with Gasteiger partial charge in [0, 0.05) is 23.2 Å². The van der Waals surface area contributed by atoms with Crippen molar-refractivity contribution in [1.29, 1.82) is 0 Å². The Morgan fingerprint density at radius 3 is 3.00 bits per heavy atom. The summed E-state index contributed by atoms with van der Waals surface area (Å²) in [5.74, 6) is 0. The van der Waals surface area contributed by atoms with Crippen LogP contribution in [0.2, 0.25) is 0 Å². The number of benzene rings is 1. The lowest BCUT2D eigenvalue weighted by Crippen LogP contribution is -2.02. The van der Waals surface area contributed by atoms with Crippen molar-refractivity contribution in [2.45, 2.75) is 0 Å². The van der Waals surface area contributed by atoms with Crippen molar-refractivity contribution < 1.29 is 0 Å². The highest BCUT2D eigenvalue weighted by atomic mass is 16.1. The van der Waals surface area contributed by atoms with Gasteiger partial charge in [-0.25, -0.2) is 4.68 Å². The van der Waals surface area contributed by atoms with Gasteiger partial charge < -0.3 is 4.98 Å². The number of pyridine rings is 1. The quantitative estimate of drug-likeness (QED) is 0.657. The van der Waals surface area contributed by atoms with Crippen molar-refractivity contribution in [3.8, 4) is 5.69 Å². The third-order valence-electron chi connectivity index (χ3n) is 2.43. The minimum Gasteiger partial charge on any atom is -0.361 e. The summed E-state index contributed by atoms with van der Waals surface area (Å²) in [4.78, 5) is 14.7. The summed E-state index contributed by atoms with van der Waals surface area (Å²) in [6, 6.07) is 7.04. The SMILES string of the molecule is O=c1cc[nH]c2ccc(-n3ccnn3)cc12. The van der Waals surface area contributed by atoms with E-state index in [2.05, 4.69) is 15.3 Å². The van der Waals surface area contributed by atoms with Crippen LogP contribution >= 0.6 is 0 Å². The van der Waals surface area contributed by atoms with Crippen molar-refractivity contribution in [3.63, 3.8) is 0 Å². The molecule has 0 aliphatic heterocycles. The van der Waals surface area contributed by atoms with Crippen molar-refractivity contribution in [2.75, 3.05) is 0 Å². The Morgan fingerprint density at radius 2 is 2.19 bits per heavy atom. The van der Waals surface area contributed by atoms with Gasteiger partial charge >= 0.3 is 0 Å². The number of aromatic nitrogens is 4. The fourth-order valence-corrected chi connectivity index (χ4v) is 1.65. The number of H-pyrrole nitrogens is 1. The molecule has 0 saturated heterocycles. The second-order valence-corrected chi connectivity index (χ2v) is 3.42. The highest BCUT2D eigenvalue weighted by Crippen LogP contribution is 2.12. The van der Waals surface area contributed by atoms with Gasteiger partial charge in [-0.1, -0.05) is 5.21 Å². The van der Waals surface area contributed by atoms with Crippen molar-refractivity contribution in [2.24, 2.45) is 0 Å². The molecule has 0 unspecified atom stereocenters. The fourth-order valence-electron chi connectivity index (χ4n) is 1.65. The Kier molecular flexibility index (Phi) is 1.83. The summed E-state index contributed by atoms with van der Waals surface area (Å²) in [6.07, 6.45) is 4.97. The molecule has 3 rings (SSSR count). The lowest BCUT2D eigenvalue weighted by molar-refractivity contribution is 0.804. The summed E-state index contributed by atoms with van der Waals surface area (Å²) in [5.41, 5.74) is 1.63. The van der Waals surface area contributed by atoms with E-state index in [9.17, 15) is 4.79 Å². The molecular formula is C11H8N4O. The van der Waals surface area contributed by atoms with Crippen molar-refractivity contribution >= 4 is 10.9 Å². The molecular weight excluding hydrogens is 204 g/mol. The van der Waals surface area contributed by atoms with Gasteiger partial charge in [0.15, 0.2) is 5.43 Å². The van der Waals surface area contributed by atoms with E-state index in [4.69, 9.17) is 0 Å². The Morgan fingerprint density at radius 1 is 1.25 bits per heavy atom. The van der Waals surface area contributed by atoms with Crippen LogP contribution in [0.25, 0.3) is 16.6 Å². The lowest BCUT2D eigenvalue weighted by atomic mass is 10.2. The van der Waals surface area contributed by atoms with E-state index in [1.165, 1.54) is 6.07 Å². The van der Waals surface area contributed by atoms with Gasteiger partial charge in [-0.3, -0.25) is 4.79 Å². The second kappa shape index (κ2) is 3.30. The standard InChI is InChI=1S/C11H8N4O/c16-11-3-4-12-10-2-1-8(7-9(10)11)15-6-5-13-14-15/h1-7H,(H,12,16). The smallest absolute Gasteiger partial charge is 0.189 e. The zero-order valence-corrected chi connectivity index (χ0v) is 8.29. The van der Waals surface area contributed by atoms with Gasteiger partial charge in [0.1, 0.15) is 0 Å². The highest BCUT2D eigenvalue weighted by Gasteiger charge is 2.01.